The number of methoxy groups -OCH3 is 1. The summed E-state index contributed by atoms with van der Waals surface area (Å²) < 4.78 is 10.5. The number of morpholine rings is 1. The lowest BCUT2D eigenvalue weighted by Gasteiger charge is -2.32. The molecule has 2 rings (SSSR count). The summed E-state index contributed by atoms with van der Waals surface area (Å²) in [6.45, 7) is 2.18. The molecular weight excluding hydrogens is 240 g/mol. The Bertz CT molecular complexity index is 394. The van der Waals surface area contributed by atoms with Gasteiger partial charge in [0.1, 0.15) is 5.75 Å². The number of amides is 1. The van der Waals surface area contributed by atoms with Crippen LogP contribution in [0.4, 0.5) is 0 Å². The van der Waals surface area contributed by atoms with Crippen molar-refractivity contribution in [2.24, 2.45) is 5.73 Å². The maximum atomic E-state index is 12.2. The molecule has 0 radical (unpaired) electrons. The van der Waals surface area contributed by atoms with Gasteiger partial charge in [0.25, 0.3) is 5.91 Å². The fourth-order valence-electron chi connectivity index (χ4n) is 1.74. The van der Waals surface area contributed by atoms with E-state index in [0.29, 0.717) is 31.1 Å². The average Bonchev–Trinajstić information content (AvgIpc) is 2.86. The van der Waals surface area contributed by atoms with E-state index in [1.54, 1.807) is 18.1 Å². The predicted molar refractivity (Wildman–Crippen MR) is 65.6 cm³/mol. The van der Waals surface area contributed by atoms with E-state index in [0.717, 1.165) is 5.75 Å². The number of carbonyl (C=O) groups is 1. The molecule has 17 heavy (non-hydrogen) atoms. The lowest BCUT2D eigenvalue weighted by Crippen LogP contribution is -2.47. The van der Waals surface area contributed by atoms with Gasteiger partial charge in [-0.25, -0.2) is 0 Å². The van der Waals surface area contributed by atoms with Crippen molar-refractivity contribution in [3.63, 3.8) is 0 Å². The largest absolute Gasteiger partial charge is 0.496 e. The summed E-state index contributed by atoms with van der Waals surface area (Å²) >= 11 is 1.40. The maximum absolute atomic E-state index is 12.2. The summed E-state index contributed by atoms with van der Waals surface area (Å²) in [4.78, 5) is 14.7. The molecule has 1 aliphatic heterocycles. The van der Waals surface area contributed by atoms with Crippen LogP contribution >= 0.6 is 11.3 Å². The van der Waals surface area contributed by atoms with Crippen molar-refractivity contribution in [2.45, 2.75) is 6.10 Å². The van der Waals surface area contributed by atoms with E-state index in [4.69, 9.17) is 15.2 Å². The summed E-state index contributed by atoms with van der Waals surface area (Å²) in [7, 11) is 1.59. The van der Waals surface area contributed by atoms with Crippen molar-refractivity contribution in [3.05, 3.63) is 16.3 Å². The number of ether oxygens (including phenoxy) is 2. The van der Waals surface area contributed by atoms with Crippen LogP contribution in [0, 0.1) is 0 Å². The zero-order valence-corrected chi connectivity index (χ0v) is 10.5. The highest BCUT2D eigenvalue weighted by Gasteiger charge is 2.25. The third-order valence-corrected chi connectivity index (χ3v) is 3.61. The molecule has 1 amide bonds. The fraction of sp³-hybridized carbons (Fsp3) is 0.545. The lowest BCUT2D eigenvalue weighted by atomic mass is 10.2. The highest BCUT2D eigenvalue weighted by molar-refractivity contribution is 7.12. The Hall–Kier alpha value is -1.11. The first-order valence-electron chi connectivity index (χ1n) is 5.48. The molecule has 0 bridgehead atoms. The Balaban J connectivity index is 2.03. The molecule has 1 unspecified atom stereocenters. The Morgan fingerprint density at radius 2 is 2.59 bits per heavy atom. The highest BCUT2D eigenvalue weighted by Crippen LogP contribution is 2.23. The molecule has 0 saturated carbocycles. The van der Waals surface area contributed by atoms with E-state index in [1.807, 2.05) is 5.38 Å². The second kappa shape index (κ2) is 5.48. The third kappa shape index (κ3) is 2.77. The van der Waals surface area contributed by atoms with Crippen LogP contribution in [0.15, 0.2) is 11.4 Å². The van der Waals surface area contributed by atoms with E-state index in [2.05, 4.69) is 0 Å². The second-order valence-electron chi connectivity index (χ2n) is 3.83. The van der Waals surface area contributed by atoms with Crippen LogP contribution in [-0.2, 0) is 4.74 Å². The van der Waals surface area contributed by atoms with E-state index in [1.165, 1.54) is 11.3 Å². The van der Waals surface area contributed by atoms with Crippen LogP contribution in [-0.4, -0.2) is 50.3 Å². The van der Waals surface area contributed by atoms with E-state index < -0.39 is 0 Å². The van der Waals surface area contributed by atoms with Gasteiger partial charge >= 0.3 is 0 Å². The smallest absolute Gasteiger partial charge is 0.264 e. The maximum Gasteiger partial charge on any atom is 0.264 e. The number of hydrogen-bond donors (Lipinski definition) is 1. The first-order chi connectivity index (χ1) is 8.24. The van der Waals surface area contributed by atoms with Crippen molar-refractivity contribution in [1.82, 2.24) is 4.90 Å². The molecule has 94 valence electrons. The van der Waals surface area contributed by atoms with Crippen LogP contribution in [0.3, 0.4) is 0 Å². The number of rotatable bonds is 3. The minimum atomic E-state index is -0.0467. The van der Waals surface area contributed by atoms with Gasteiger partial charge in [0.05, 0.1) is 24.7 Å². The number of thiophene rings is 1. The molecule has 1 aliphatic rings. The van der Waals surface area contributed by atoms with Crippen molar-refractivity contribution in [3.8, 4) is 5.75 Å². The quantitative estimate of drug-likeness (QED) is 0.858. The SMILES string of the molecule is COc1csc(C(=O)N2CCOC(CN)C2)c1. The first-order valence-corrected chi connectivity index (χ1v) is 6.36. The van der Waals surface area contributed by atoms with Crippen LogP contribution < -0.4 is 10.5 Å². The van der Waals surface area contributed by atoms with Crippen molar-refractivity contribution < 1.29 is 14.3 Å². The van der Waals surface area contributed by atoms with E-state index >= 15 is 0 Å². The van der Waals surface area contributed by atoms with Gasteiger partial charge in [0.15, 0.2) is 0 Å². The topological polar surface area (TPSA) is 64.8 Å². The van der Waals surface area contributed by atoms with Crippen molar-refractivity contribution in [2.75, 3.05) is 33.4 Å². The summed E-state index contributed by atoms with van der Waals surface area (Å²) in [5.74, 6) is 0.752. The highest BCUT2D eigenvalue weighted by atomic mass is 32.1. The minimum absolute atomic E-state index is 0.0278. The first kappa shape index (κ1) is 12.3. The van der Waals surface area contributed by atoms with Crippen LogP contribution in [0.25, 0.3) is 0 Å². The Morgan fingerprint density at radius 1 is 1.76 bits per heavy atom. The minimum Gasteiger partial charge on any atom is -0.496 e. The Kier molecular flexibility index (Phi) is 3.98. The monoisotopic (exact) mass is 256 g/mol. The molecule has 1 fully saturated rings. The summed E-state index contributed by atoms with van der Waals surface area (Å²) in [5.41, 5.74) is 5.55. The predicted octanol–water partition coefficient (Wildman–Crippen LogP) is 0.556. The van der Waals surface area contributed by atoms with E-state index in [-0.39, 0.29) is 12.0 Å². The summed E-state index contributed by atoms with van der Waals surface area (Å²) in [6, 6.07) is 1.76. The van der Waals surface area contributed by atoms with Crippen LogP contribution in [0.1, 0.15) is 9.67 Å². The number of nitrogens with two attached hydrogens (primary N) is 1. The standard InChI is InChI=1S/C11H16N2O3S/c1-15-8-4-10(17-7-8)11(14)13-2-3-16-9(5-12)6-13/h4,7,9H,2-3,5-6,12H2,1H3. The molecule has 1 aromatic rings. The van der Waals surface area contributed by atoms with Gasteiger partial charge in [-0.15, -0.1) is 11.3 Å². The lowest BCUT2D eigenvalue weighted by molar-refractivity contribution is -0.0165. The molecule has 1 saturated heterocycles. The summed E-state index contributed by atoms with van der Waals surface area (Å²) in [6.07, 6.45) is -0.0467. The van der Waals surface area contributed by atoms with Crippen LogP contribution in [0.5, 0.6) is 5.75 Å². The van der Waals surface area contributed by atoms with Gasteiger partial charge in [-0.05, 0) is 0 Å². The molecule has 0 aromatic carbocycles. The van der Waals surface area contributed by atoms with Crippen LogP contribution in [0.2, 0.25) is 0 Å². The summed E-state index contributed by atoms with van der Waals surface area (Å²) in [5, 5.41) is 1.83. The normalized spacial score (nSPS) is 20.4. The third-order valence-electron chi connectivity index (χ3n) is 2.71. The van der Waals surface area contributed by atoms with Crippen molar-refractivity contribution in [1.29, 1.82) is 0 Å². The number of carbonyl (C=O) groups excluding carboxylic acids is 1. The second-order valence-corrected chi connectivity index (χ2v) is 4.74. The van der Waals surface area contributed by atoms with Gasteiger partial charge in [-0.1, -0.05) is 0 Å². The van der Waals surface area contributed by atoms with Gasteiger partial charge in [0, 0.05) is 31.1 Å². The van der Waals surface area contributed by atoms with Gasteiger partial charge in [-0.3, -0.25) is 4.79 Å². The zero-order chi connectivity index (χ0) is 12.3. The molecule has 0 spiro atoms. The molecule has 5 nitrogen and oxygen atoms in total. The molecule has 2 heterocycles. The van der Waals surface area contributed by atoms with Gasteiger partial charge < -0.3 is 20.1 Å². The fourth-order valence-corrected chi connectivity index (χ4v) is 2.56. The van der Waals surface area contributed by atoms with Gasteiger partial charge in [-0.2, -0.15) is 0 Å². The Labute approximate surface area is 104 Å². The average molecular weight is 256 g/mol. The zero-order valence-electron chi connectivity index (χ0n) is 9.72. The molecule has 1 atom stereocenters. The number of nitrogens with zero attached hydrogens (tertiary/aromatic N) is 1. The molecule has 0 aliphatic carbocycles. The molecular formula is C11H16N2O3S. The Morgan fingerprint density at radius 3 is 3.24 bits per heavy atom. The molecule has 1 aromatic heterocycles. The van der Waals surface area contributed by atoms with Crippen molar-refractivity contribution >= 4 is 17.2 Å². The number of hydrogen-bond acceptors (Lipinski definition) is 5. The van der Waals surface area contributed by atoms with E-state index in [9.17, 15) is 4.79 Å². The molecule has 2 N–H and O–H groups in total. The van der Waals surface area contributed by atoms with Gasteiger partial charge in [0.2, 0.25) is 0 Å². The molecule has 6 heteroatoms.